The third-order valence-corrected chi connectivity index (χ3v) is 4.27. The van der Waals surface area contributed by atoms with E-state index in [1.807, 2.05) is 0 Å². The molecular weight excluding hydrogens is 328 g/mol. The van der Waals surface area contributed by atoms with Gasteiger partial charge in [-0.3, -0.25) is 0 Å². The van der Waals surface area contributed by atoms with Crippen LogP contribution < -0.4 is 18.9 Å². The highest BCUT2D eigenvalue weighted by molar-refractivity contribution is 9.09. The lowest BCUT2D eigenvalue weighted by Gasteiger charge is -2.40. The first-order chi connectivity index (χ1) is 9.64. The van der Waals surface area contributed by atoms with Crippen LogP contribution in [0.5, 0.6) is 23.0 Å². The van der Waals surface area contributed by atoms with Gasteiger partial charge in [0.2, 0.25) is 5.75 Å². The van der Waals surface area contributed by atoms with Gasteiger partial charge in [0, 0.05) is 30.5 Å². The van der Waals surface area contributed by atoms with Crippen LogP contribution >= 0.6 is 15.9 Å². The molecule has 5 nitrogen and oxygen atoms in total. The van der Waals surface area contributed by atoms with Crippen LogP contribution in [0.15, 0.2) is 12.1 Å². The van der Waals surface area contributed by atoms with Crippen LogP contribution in [0.25, 0.3) is 0 Å². The molecule has 1 aromatic carbocycles. The van der Waals surface area contributed by atoms with Crippen LogP contribution in [0.1, 0.15) is 6.42 Å². The molecule has 0 aliphatic heterocycles. The van der Waals surface area contributed by atoms with E-state index in [9.17, 15) is 0 Å². The van der Waals surface area contributed by atoms with Gasteiger partial charge in [-0.05, 0) is 0 Å². The molecule has 2 rings (SSSR count). The van der Waals surface area contributed by atoms with Gasteiger partial charge in [-0.2, -0.15) is 0 Å². The normalized spacial score (nSPS) is 24.8. The third kappa shape index (κ3) is 2.81. The largest absolute Gasteiger partial charge is 0.493 e. The van der Waals surface area contributed by atoms with Gasteiger partial charge in [0.1, 0.15) is 18.0 Å². The van der Waals surface area contributed by atoms with E-state index in [0.29, 0.717) is 27.8 Å². The molecule has 6 heteroatoms. The molecule has 20 heavy (non-hydrogen) atoms. The molecule has 3 atom stereocenters. The molecule has 3 unspecified atom stereocenters. The Labute approximate surface area is 127 Å². The summed E-state index contributed by atoms with van der Waals surface area (Å²) >= 11 is 3.55. The van der Waals surface area contributed by atoms with Crippen LogP contribution in [0, 0.1) is 0 Å². The van der Waals surface area contributed by atoms with Gasteiger partial charge in [0.05, 0.1) is 21.3 Å². The molecule has 0 heterocycles. The third-order valence-electron chi connectivity index (χ3n) is 3.38. The number of ether oxygens (including phenoxy) is 5. The van der Waals surface area contributed by atoms with Crippen molar-refractivity contribution >= 4 is 15.9 Å². The zero-order chi connectivity index (χ0) is 14.7. The molecule has 0 saturated heterocycles. The van der Waals surface area contributed by atoms with Crippen LogP contribution in [-0.2, 0) is 4.74 Å². The van der Waals surface area contributed by atoms with Gasteiger partial charge in [-0.25, -0.2) is 0 Å². The average Bonchev–Trinajstić information content (AvgIpc) is 2.45. The number of methoxy groups -OCH3 is 4. The Kier molecular flexibility index (Phi) is 4.99. The maximum atomic E-state index is 5.94. The Bertz CT molecular complexity index is 440. The molecular formula is C14H19BrO5. The molecule has 0 amide bonds. The van der Waals surface area contributed by atoms with Gasteiger partial charge in [-0.15, -0.1) is 0 Å². The number of alkyl halides is 1. The summed E-state index contributed by atoms with van der Waals surface area (Å²) < 4.78 is 27.2. The van der Waals surface area contributed by atoms with Crippen LogP contribution in [-0.4, -0.2) is 45.5 Å². The SMILES string of the molecule is COc1cc(OC2CC(Br)C2OC)cc(OC)c1OC. The minimum atomic E-state index is 0.0205. The zero-order valence-corrected chi connectivity index (χ0v) is 13.6. The second-order valence-corrected chi connectivity index (χ2v) is 5.65. The molecule has 0 aromatic heterocycles. The van der Waals surface area contributed by atoms with Crippen molar-refractivity contribution in [2.45, 2.75) is 23.5 Å². The van der Waals surface area contributed by atoms with E-state index in [1.54, 1.807) is 40.6 Å². The highest BCUT2D eigenvalue weighted by Crippen LogP contribution is 2.42. The van der Waals surface area contributed by atoms with Crippen molar-refractivity contribution in [1.82, 2.24) is 0 Å². The van der Waals surface area contributed by atoms with E-state index in [-0.39, 0.29) is 12.2 Å². The summed E-state index contributed by atoms with van der Waals surface area (Å²) in [6, 6.07) is 3.57. The molecule has 0 bridgehead atoms. The Hall–Kier alpha value is -1.14. The first-order valence-electron chi connectivity index (χ1n) is 6.28. The van der Waals surface area contributed by atoms with Crippen LogP contribution in [0.3, 0.4) is 0 Å². The van der Waals surface area contributed by atoms with Gasteiger partial charge in [-0.1, -0.05) is 15.9 Å². The lowest BCUT2D eigenvalue weighted by Crippen LogP contribution is -2.51. The van der Waals surface area contributed by atoms with E-state index in [1.165, 1.54) is 0 Å². The first kappa shape index (κ1) is 15.3. The topological polar surface area (TPSA) is 46.2 Å². The predicted molar refractivity (Wildman–Crippen MR) is 78.6 cm³/mol. The number of hydrogen-bond acceptors (Lipinski definition) is 5. The van der Waals surface area contributed by atoms with Crippen molar-refractivity contribution < 1.29 is 23.7 Å². The molecule has 1 fully saturated rings. The summed E-state index contributed by atoms with van der Waals surface area (Å²) in [6.45, 7) is 0. The Morgan fingerprint density at radius 1 is 1.00 bits per heavy atom. The molecule has 1 aromatic rings. The molecule has 112 valence electrons. The van der Waals surface area contributed by atoms with E-state index < -0.39 is 0 Å². The quantitative estimate of drug-likeness (QED) is 0.741. The lowest BCUT2D eigenvalue weighted by atomic mass is 9.91. The van der Waals surface area contributed by atoms with Crippen molar-refractivity contribution in [3.63, 3.8) is 0 Å². The smallest absolute Gasteiger partial charge is 0.203 e. The highest BCUT2D eigenvalue weighted by Gasteiger charge is 2.41. The minimum Gasteiger partial charge on any atom is -0.493 e. The summed E-state index contributed by atoms with van der Waals surface area (Å²) in [5, 5.41) is 0. The Morgan fingerprint density at radius 2 is 1.60 bits per heavy atom. The van der Waals surface area contributed by atoms with Gasteiger partial charge in [0.25, 0.3) is 0 Å². The maximum Gasteiger partial charge on any atom is 0.203 e. The molecule has 1 aliphatic carbocycles. The maximum absolute atomic E-state index is 5.94. The molecule has 0 N–H and O–H groups in total. The fourth-order valence-electron chi connectivity index (χ4n) is 2.24. The lowest BCUT2D eigenvalue weighted by molar-refractivity contribution is -0.0546. The van der Waals surface area contributed by atoms with E-state index in [2.05, 4.69) is 15.9 Å². The fourth-order valence-corrected chi connectivity index (χ4v) is 3.17. The summed E-state index contributed by atoms with van der Waals surface area (Å²) in [5.74, 6) is 2.37. The molecule has 1 aliphatic rings. The van der Waals surface area contributed by atoms with Crippen molar-refractivity contribution in [1.29, 1.82) is 0 Å². The average molecular weight is 347 g/mol. The van der Waals surface area contributed by atoms with Crippen molar-refractivity contribution in [2.24, 2.45) is 0 Å². The van der Waals surface area contributed by atoms with Gasteiger partial charge < -0.3 is 23.7 Å². The number of rotatable bonds is 6. The van der Waals surface area contributed by atoms with Crippen molar-refractivity contribution in [2.75, 3.05) is 28.4 Å². The Morgan fingerprint density at radius 3 is 2.00 bits per heavy atom. The molecule has 1 saturated carbocycles. The van der Waals surface area contributed by atoms with E-state index >= 15 is 0 Å². The predicted octanol–water partition coefficient (Wildman–Crippen LogP) is 2.64. The minimum absolute atomic E-state index is 0.0205. The number of benzene rings is 1. The van der Waals surface area contributed by atoms with E-state index in [0.717, 1.165) is 6.42 Å². The van der Waals surface area contributed by atoms with Gasteiger partial charge >= 0.3 is 0 Å². The Balaban J connectivity index is 2.20. The second-order valence-electron chi connectivity index (χ2n) is 4.47. The fraction of sp³-hybridized carbons (Fsp3) is 0.571. The summed E-state index contributed by atoms with van der Waals surface area (Å²) in [7, 11) is 6.42. The van der Waals surface area contributed by atoms with Gasteiger partial charge in [0.15, 0.2) is 11.5 Å². The summed E-state index contributed by atoms with van der Waals surface area (Å²) in [6.07, 6.45) is 0.969. The van der Waals surface area contributed by atoms with E-state index in [4.69, 9.17) is 23.7 Å². The molecule has 0 spiro atoms. The van der Waals surface area contributed by atoms with Crippen LogP contribution in [0.4, 0.5) is 0 Å². The monoisotopic (exact) mass is 346 g/mol. The molecule has 0 radical (unpaired) electrons. The first-order valence-corrected chi connectivity index (χ1v) is 7.19. The summed E-state index contributed by atoms with van der Waals surface area (Å²) in [4.78, 5) is 0.333. The standard InChI is InChI=1S/C14H19BrO5/c1-16-10-5-8(6-11(17-2)14(10)19-4)20-12-7-9(15)13(12)18-3/h5-6,9,12-13H,7H2,1-4H3. The van der Waals surface area contributed by atoms with Crippen molar-refractivity contribution in [3.8, 4) is 23.0 Å². The summed E-state index contributed by atoms with van der Waals surface area (Å²) in [5.41, 5.74) is 0. The zero-order valence-electron chi connectivity index (χ0n) is 12.0. The van der Waals surface area contributed by atoms with Crippen molar-refractivity contribution in [3.05, 3.63) is 12.1 Å². The van der Waals surface area contributed by atoms with Crippen LogP contribution in [0.2, 0.25) is 0 Å². The highest BCUT2D eigenvalue weighted by atomic mass is 79.9. The number of halogens is 1. The number of hydrogen-bond donors (Lipinski definition) is 0. The second kappa shape index (κ2) is 6.54.